The molecular weight excluding hydrogens is 300 g/mol. The molecule has 1 unspecified atom stereocenters. The second kappa shape index (κ2) is 7.07. The van der Waals surface area contributed by atoms with Gasteiger partial charge in [-0.05, 0) is 5.92 Å². The van der Waals surface area contributed by atoms with Crippen LogP contribution in [0.4, 0.5) is 5.69 Å². The van der Waals surface area contributed by atoms with E-state index < -0.39 is 23.5 Å². The van der Waals surface area contributed by atoms with Gasteiger partial charge in [-0.3, -0.25) is 14.4 Å². The van der Waals surface area contributed by atoms with Gasteiger partial charge in [0.25, 0.3) is 5.56 Å². The molecule has 1 rings (SSSR count). The molecular formula is C12H17ClN4O4. The van der Waals surface area contributed by atoms with Crippen molar-refractivity contribution in [2.24, 2.45) is 11.7 Å². The molecule has 0 saturated heterocycles. The smallest absolute Gasteiger partial charge is 0.327 e. The van der Waals surface area contributed by atoms with E-state index >= 15 is 0 Å². The summed E-state index contributed by atoms with van der Waals surface area (Å²) in [4.78, 5) is 34.5. The molecule has 0 spiro atoms. The van der Waals surface area contributed by atoms with Gasteiger partial charge < -0.3 is 15.8 Å². The highest BCUT2D eigenvalue weighted by Gasteiger charge is 2.21. The minimum absolute atomic E-state index is 0.101. The van der Waals surface area contributed by atoms with Crippen molar-refractivity contribution in [3.8, 4) is 0 Å². The van der Waals surface area contributed by atoms with Crippen LogP contribution in [0, 0.1) is 5.92 Å². The third-order valence-corrected chi connectivity index (χ3v) is 3.14. The predicted molar refractivity (Wildman–Crippen MR) is 77.0 cm³/mol. The Morgan fingerprint density at radius 3 is 2.62 bits per heavy atom. The number of hydrogen-bond donors (Lipinski definition) is 2. The Bertz CT molecular complexity index is 599. The summed E-state index contributed by atoms with van der Waals surface area (Å²) in [6.45, 7) is 3.24. The number of ether oxygens (including phenoxy) is 1. The maximum absolute atomic E-state index is 12.0. The molecule has 0 aliphatic heterocycles. The van der Waals surface area contributed by atoms with Crippen molar-refractivity contribution < 1.29 is 14.3 Å². The van der Waals surface area contributed by atoms with Crippen LogP contribution < -0.4 is 16.6 Å². The summed E-state index contributed by atoms with van der Waals surface area (Å²) in [7, 11) is 1.20. The number of halogens is 1. The number of rotatable bonds is 6. The Morgan fingerprint density at radius 2 is 2.14 bits per heavy atom. The number of carbonyl (C=O) groups is 2. The Labute approximate surface area is 126 Å². The van der Waals surface area contributed by atoms with E-state index in [1.807, 2.05) is 0 Å². The van der Waals surface area contributed by atoms with Gasteiger partial charge in [0, 0.05) is 0 Å². The van der Waals surface area contributed by atoms with E-state index in [2.05, 4.69) is 15.2 Å². The molecule has 1 aromatic rings. The zero-order chi connectivity index (χ0) is 16.2. The fourth-order valence-electron chi connectivity index (χ4n) is 1.60. The van der Waals surface area contributed by atoms with Crippen LogP contribution >= 0.6 is 11.6 Å². The lowest BCUT2D eigenvalue weighted by Crippen LogP contribution is -2.40. The quantitative estimate of drug-likeness (QED) is 0.713. The number of hydrogen-bond acceptors (Lipinski definition) is 6. The van der Waals surface area contributed by atoms with E-state index in [0.29, 0.717) is 0 Å². The van der Waals surface area contributed by atoms with Crippen molar-refractivity contribution in [1.82, 2.24) is 9.78 Å². The monoisotopic (exact) mass is 316 g/mol. The fraction of sp³-hybridized carbons (Fsp3) is 0.500. The number of anilines is 1. The highest BCUT2D eigenvalue weighted by atomic mass is 35.5. The van der Waals surface area contributed by atoms with Gasteiger partial charge in [-0.15, -0.1) is 0 Å². The maximum Gasteiger partial charge on any atom is 0.327 e. The van der Waals surface area contributed by atoms with E-state index in [0.717, 1.165) is 4.68 Å². The molecule has 1 heterocycles. The molecule has 1 amide bonds. The van der Waals surface area contributed by atoms with E-state index in [-0.39, 0.29) is 23.2 Å². The zero-order valence-electron chi connectivity index (χ0n) is 11.9. The van der Waals surface area contributed by atoms with E-state index in [4.69, 9.17) is 17.3 Å². The molecule has 0 saturated carbocycles. The zero-order valence-corrected chi connectivity index (χ0v) is 12.7. The lowest BCUT2D eigenvalue weighted by atomic mass is 10.0. The van der Waals surface area contributed by atoms with Crippen LogP contribution in [0.2, 0.25) is 5.02 Å². The summed E-state index contributed by atoms with van der Waals surface area (Å²) in [6, 6.07) is -0.694. The normalized spacial score (nSPS) is 12.0. The average molecular weight is 317 g/mol. The SMILES string of the molecule is COC(=O)Cn1ncc(NC(C(N)=O)C(C)C)c(Cl)c1=O. The lowest BCUT2D eigenvalue weighted by molar-refractivity contribution is -0.141. The highest BCUT2D eigenvalue weighted by molar-refractivity contribution is 6.33. The molecule has 0 fully saturated rings. The van der Waals surface area contributed by atoms with Crippen molar-refractivity contribution in [2.75, 3.05) is 12.4 Å². The number of aromatic nitrogens is 2. The van der Waals surface area contributed by atoms with Gasteiger partial charge in [0.15, 0.2) is 0 Å². The number of esters is 1. The second-order valence-corrected chi connectivity index (χ2v) is 5.06. The molecule has 0 radical (unpaired) electrons. The standard InChI is InChI=1S/C12H17ClN4O4/c1-6(2)10(11(14)19)16-7-4-15-17(5-8(18)21-3)12(20)9(7)13/h4,6,10,16H,5H2,1-3H3,(H2,14,19). The summed E-state index contributed by atoms with van der Waals surface area (Å²) >= 11 is 5.94. The summed E-state index contributed by atoms with van der Waals surface area (Å²) in [5, 5.41) is 6.41. The van der Waals surface area contributed by atoms with Crippen molar-refractivity contribution in [2.45, 2.75) is 26.4 Å². The lowest BCUT2D eigenvalue weighted by Gasteiger charge is -2.20. The number of primary amides is 1. The molecule has 0 aliphatic carbocycles. The van der Waals surface area contributed by atoms with Crippen LogP contribution in [-0.2, 0) is 20.9 Å². The van der Waals surface area contributed by atoms with Gasteiger partial charge in [-0.25, -0.2) is 4.68 Å². The molecule has 9 heteroatoms. The largest absolute Gasteiger partial charge is 0.468 e. The predicted octanol–water partition coefficient (Wildman–Crippen LogP) is -0.00850. The minimum atomic E-state index is -0.694. The summed E-state index contributed by atoms with van der Waals surface area (Å²) in [5.74, 6) is -1.30. The molecule has 0 bridgehead atoms. The maximum atomic E-state index is 12.0. The van der Waals surface area contributed by atoms with Gasteiger partial charge in [-0.1, -0.05) is 25.4 Å². The molecule has 1 atom stereocenters. The van der Waals surface area contributed by atoms with Crippen molar-refractivity contribution in [3.05, 3.63) is 21.6 Å². The van der Waals surface area contributed by atoms with Crippen LogP contribution in [0.15, 0.2) is 11.0 Å². The Kier molecular flexibility index (Phi) is 5.71. The van der Waals surface area contributed by atoms with Gasteiger partial charge in [0.2, 0.25) is 5.91 Å². The van der Waals surface area contributed by atoms with Crippen molar-refractivity contribution >= 4 is 29.2 Å². The fourth-order valence-corrected chi connectivity index (χ4v) is 1.80. The number of nitrogens with one attached hydrogen (secondary N) is 1. The molecule has 3 N–H and O–H groups in total. The number of nitrogens with two attached hydrogens (primary N) is 1. The molecule has 21 heavy (non-hydrogen) atoms. The average Bonchev–Trinajstić information content (AvgIpc) is 2.42. The van der Waals surface area contributed by atoms with Crippen molar-refractivity contribution in [1.29, 1.82) is 0 Å². The molecule has 0 aromatic carbocycles. The molecule has 1 aromatic heterocycles. The van der Waals surface area contributed by atoms with Crippen LogP contribution in [0.5, 0.6) is 0 Å². The van der Waals surface area contributed by atoms with E-state index in [1.54, 1.807) is 13.8 Å². The van der Waals surface area contributed by atoms with Crippen LogP contribution in [0.1, 0.15) is 13.8 Å². The molecule has 116 valence electrons. The van der Waals surface area contributed by atoms with Crippen LogP contribution in [0.3, 0.4) is 0 Å². The number of amides is 1. The topological polar surface area (TPSA) is 116 Å². The Morgan fingerprint density at radius 1 is 1.52 bits per heavy atom. The van der Waals surface area contributed by atoms with Crippen LogP contribution in [0.25, 0.3) is 0 Å². The van der Waals surface area contributed by atoms with Gasteiger partial charge in [0.1, 0.15) is 17.6 Å². The number of nitrogens with zero attached hydrogens (tertiary/aromatic N) is 2. The van der Waals surface area contributed by atoms with Crippen molar-refractivity contribution in [3.63, 3.8) is 0 Å². The minimum Gasteiger partial charge on any atom is -0.468 e. The third kappa shape index (κ3) is 4.19. The Balaban J connectivity index is 3.07. The van der Waals surface area contributed by atoms with Crippen LogP contribution in [-0.4, -0.2) is 34.8 Å². The first-order valence-electron chi connectivity index (χ1n) is 6.16. The number of carbonyl (C=O) groups excluding carboxylic acids is 2. The molecule has 8 nitrogen and oxygen atoms in total. The highest BCUT2D eigenvalue weighted by Crippen LogP contribution is 2.18. The summed E-state index contributed by atoms with van der Waals surface area (Å²) in [5.41, 5.74) is 4.79. The van der Waals surface area contributed by atoms with Gasteiger partial charge in [0.05, 0.1) is 19.0 Å². The third-order valence-electron chi connectivity index (χ3n) is 2.78. The number of methoxy groups -OCH3 is 1. The summed E-state index contributed by atoms with van der Waals surface area (Å²) in [6.07, 6.45) is 1.25. The first-order valence-corrected chi connectivity index (χ1v) is 6.54. The van der Waals surface area contributed by atoms with E-state index in [9.17, 15) is 14.4 Å². The van der Waals surface area contributed by atoms with Gasteiger partial charge >= 0.3 is 5.97 Å². The van der Waals surface area contributed by atoms with Gasteiger partial charge in [-0.2, -0.15) is 5.10 Å². The second-order valence-electron chi connectivity index (χ2n) is 4.68. The first kappa shape index (κ1) is 17.0. The molecule has 0 aliphatic rings. The first-order chi connectivity index (χ1) is 9.77. The Hall–Kier alpha value is -2.09. The van der Waals surface area contributed by atoms with E-state index in [1.165, 1.54) is 13.3 Å². The summed E-state index contributed by atoms with van der Waals surface area (Å²) < 4.78 is 5.32.